The Bertz CT molecular complexity index is 1450. The van der Waals surface area contributed by atoms with Crippen molar-refractivity contribution in [2.45, 2.75) is 45.0 Å². The van der Waals surface area contributed by atoms with Crippen molar-refractivity contribution in [1.82, 2.24) is 20.4 Å². The molecule has 3 aromatic carbocycles. The first-order valence-electron chi connectivity index (χ1n) is 13.1. The summed E-state index contributed by atoms with van der Waals surface area (Å²) in [5.74, 6) is -2.55. The van der Waals surface area contributed by atoms with E-state index in [4.69, 9.17) is 5.73 Å². The molecule has 0 saturated heterocycles. The number of carbonyl (C=O) groups excluding carboxylic acids is 3. The predicted octanol–water partition coefficient (Wildman–Crippen LogP) is 2.62. The van der Waals surface area contributed by atoms with Gasteiger partial charge in [-0.1, -0.05) is 72.8 Å². The highest BCUT2D eigenvalue weighted by Gasteiger charge is 2.27. The molecule has 0 radical (unpaired) electrons. The lowest BCUT2D eigenvalue weighted by Gasteiger charge is -2.17. The van der Waals surface area contributed by atoms with E-state index in [0.717, 1.165) is 23.1 Å². The van der Waals surface area contributed by atoms with Crippen LogP contribution in [0.2, 0.25) is 0 Å². The largest absolute Gasteiger partial charge is 0.379 e. The minimum Gasteiger partial charge on any atom is -0.379 e. The van der Waals surface area contributed by atoms with E-state index in [1.807, 2.05) is 72.8 Å². The molecule has 0 saturated carbocycles. The Morgan fingerprint density at radius 2 is 1.55 bits per heavy atom. The SMILES string of the molecule is Cc1cc(C(=O)NC(Cc2ccccc2)C(=O)C(N)=O)n(-c2cccc(CNC(O)CCc3ccccc3)c2)n1. The van der Waals surface area contributed by atoms with Crippen LogP contribution in [0.4, 0.5) is 0 Å². The number of amides is 2. The summed E-state index contributed by atoms with van der Waals surface area (Å²) in [5.41, 5.74) is 9.54. The molecule has 1 aromatic heterocycles. The van der Waals surface area contributed by atoms with Crippen LogP contribution in [0.3, 0.4) is 0 Å². The molecular weight excluding hydrogens is 506 g/mol. The van der Waals surface area contributed by atoms with Crippen LogP contribution in [-0.2, 0) is 29.0 Å². The fourth-order valence-corrected chi connectivity index (χ4v) is 4.40. The number of aromatic nitrogens is 2. The minimum atomic E-state index is -1.12. The number of aliphatic hydroxyl groups is 1. The van der Waals surface area contributed by atoms with Crippen molar-refractivity contribution in [2.24, 2.45) is 5.73 Å². The molecule has 0 fully saturated rings. The van der Waals surface area contributed by atoms with Crippen molar-refractivity contribution >= 4 is 17.6 Å². The van der Waals surface area contributed by atoms with Gasteiger partial charge in [-0.2, -0.15) is 5.10 Å². The van der Waals surface area contributed by atoms with Gasteiger partial charge >= 0.3 is 0 Å². The molecule has 0 spiro atoms. The van der Waals surface area contributed by atoms with Crippen LogP contribution < -0.4 is 16.4 Å². The summed E-state index contributed by atoms with van der Waals surface area (Å²) in [7, 11) is 0. The van der Waals surface area contributed by atoms with Gasteiger partial charge in [0.2, 0.25) is 5.78 Å². The zero-order valence-corrected chi connectivity index (χ0v) is 22.3. The Kier molecular flexibility index (Phi) is 9.56. The normalized spacial score (nSPS) is 12.4. The van der Waals surface area contributed by atoms with E-state index < -0.39 is 29.9 Å². The summed E-state index contributed by atoms with van der Waals surface area (Å²) in [4.78, 5) is 37.6. The Labute approximate surface area is 233 Å². The number of nitrogens with one attached hydrogen (secondary N) is 2. The minimum absolute atomic E-state index is 0.120. The van der Waals surface area contributed by atoms with Crippen LogP contribution in [-0.4, -0.2) is 44.8 Å². The number of aryl methyl sites for hydroxylation is 2. The molecule has 2 atom stereocenters. The monoisotopic (exact) mass is 539 g/mol. The Morgan fingerprint density at radius 3 is 2.23 bits per heavy atom. The van der Waals surface area contributed by atoms with Crippen LogP contribution in [0.5, 0.6) is 0 Å². The highest BCUT2D eigenvalue weighted by Crippen LogP contribution is 2.16. The third kappa shape index (κ3) is 7.72. The van der Waals surface area contributed by atoms with Crippen molar-refractivity contribution in [3.05, 3.63) is 119 Å². The Hall–Kier alpha value is -4.60. The molecule has 0 aliphatic heterocycles. The van der Waals surface area contributed by atoms with Crippen LogP contribution in [0, 0.1) is 6.92 Å². The van der Waals surface area contributed by atoms with Gasteiger partial charge in [0, 0.05) is 13.0 Å². The van der Waals surface area contributed by atoms with E-state index in [2.05, 4.69) is 15.7 Å². The third-order valence-corrected chi connectivity index (χ3v) is 6.46. The van der Waals surface area contributed by atoms with Gasteiger partial charge < -0.3 is 16.2 Å². The third-order valence-electron chi connectivity index (χ3n) is 6.46. The first-order valence-corrected chi connectivity index (χ1v) is 13.1. The topological polar surface area (TPSA) is 139 Å². The number of hydrogen-bond acceptors (Lipinski definition) is 6. The summed E-state index contributed by atoms with van der Waals surface area (Å²) in [6, 6.07) is 27.0. The average molecular weight is 540 g/mol. The van der Waals surface area contributed by atoms with Crippen molar-refractivity contribution in [3.63, 3.8) is 0 Å². The van der Waals surface area contributed by atoms with Crippen molar-refractivity contribution in [2.75, 3.05) is 0 Å². The molecule has 0 bridgehead atoms. The maximum atomic E-state index is 13.3. The van der Waals surface area contributed by atoms with Crippen LogP contribution in [0.15, 0.2) is 91.0 Å². The molecule has 2 unspecified atom stereocenters. The summed E-state index contributed by atoms with van der Waals surface area (Å²) in [6.45, 7) is 2.18. The molecule has 0 aliphatic carbocycles. The number of hydrogen-bond donors (Lipinski definition) is 4. The molecule has 4 aromatic rings. The number of nitrogens with zero attached hydrogens (tertiary/aromatic N) is 2. The first-order chi connectivity index (χ1) is 19.3. The maximum absolute atomic E-state index is 13.3. The zero-order valence-electron chi connectivity index (χ0n) is 22.3. The first kappa shape index (κ1) is 28.4. The van der Waals surface area contributed by atoms with E-state index in [-0.39, 0.29) is 12.1 Å². The molecular formula is C31H33N5O4. The van der Waals surface area contributed by atoms with Gasteiger partial charge in [-0.25, -0.2) is 4.68 Å². The smallest absolute Gasteiger partial charge is 0.287 e. The predicted molar refractivity (Wildman–Crippen MR) is 152 cm³/mol. The molecule has 206 valence electrons. The van der Waals surface area contributed by atoms with Crippen molar-refractivity contribution < 1.29 is 19.5 Å². The van der Waals surface area contributed by atoms with Gasteiger partial charge in [-0.05, 0) is 54.7 Å². The number of nitrogens with two attached hydrogens (primary N) is 1. The molecule has 0 aliphatic rings. The van der Waals surface area contributed by atoms with E-state index in [0.29, 0.717) is 24.3 Å². The van der Waals surface area contributed by atoms with E-state index >= 15 is 0 Å². The maximum Gasteiger partial charge on any atom is 0.287 e. The van der Waals surface area contributed by atoms with Crippen molar-refractivity contribution in [1.29, 1.82) is 0 Å². The molecule has 9 heteroatoms. The fourth-order valence-electron chi connectivity index (χ4n) is 4.40. The quantitative estimate of drug-likeness (QED) is 0.152. The van der Waals surface area contributed by atoms with Gasteiger partial charge in [-0.15, -0.1) is 0 Å². The second kappa shape index (κ2) is 13.5. The molecule has 4 rings (SSSR count). The highest BCUT2D eigenvalue weighted by molar-refractivity contribution is 6.38. The molecule has 1 heterocycles. The van der Waals surface area contributed by atoms with Crippen molar-refractivity contribution in [3.8, 4) is 5.69 Å². The lowest BCUT2D eigenvalue weighted by Crippen LogP contribution is -2.47. The standard InChI is InChI=1S/C31H33N5O4/c1-21-17-27(31(40)34-26(29(38)30(32)39)19-23-11-6-3-7-12-23)36(35-21)25-14-8-13-24(18-25)20-33-28(37)16-15-22-9-4-2-5-10-22/h2-14,17-18,26,28,33,37H,15-16,19-20H2,1H3,(H2,32,39)(H,34,40). The zero-order chi connectivity index (χ0) is 28.5. The lowest BCUT2D eigenvalue weighted by molar-refractivity contribution is -0.137. The molecule has 2 amide bonds. The molecule has 9 nitrogen and oxygen atoms in total. The number of primary amides is 1. The second-order valence-corrected chi connectivity index (χ2v) is 9.62. The van der Waals surface area contributed by atoms with Crippen LogP contribution >= 0.6 is 0 Å². The average Bonchev–Trinajstić information content (AvgIpc) is 3.37. The Morgan fingerprint density at radius 1 is 0.900 bits per heavy atom. The highest BCUT2D eigenvalue weighted by atomic mass is 16.3. The second-order valence-electron chi connectivity index (χ2n) is 9.62. The summed E-state index contributed by atoms with van der Waals surface area (Å²) < 4.78 is 1.49. The van der Waals surface area contributed by atoms with Gasteiger partial charge in [0.05, 0.1) is 11.4 Å². The van der Waals surface area contributed by atoms with E-state index in [9.17, 15) is 19.5 Å². The number of aliphatic hydroxyl groups excluding tert-OH is 1. The molecule has 40 heavy (non-hydrogen) atoms. The number of rotatable bonds is 13. The summed E-state index contributed by atoms with van der Waals surface area (Å²) in [6.07, 6.45) is 0.765. The van der Waals surface area contributed by atoms with Gasteiger partial charge in [0.25, 0.3) is 11.8 Å². The number of ketones is 1. The number of benzene rings is 3. The summed E-state index contributed by atoms with van der Waals surface area (Å²) in [5, 5.41) is 20.7. The number of Topliss-reactive ketones (excluding diaryl/α,β-unsaturated/α-hetero) is 1. The van der Waals surface area contributed by atoms with E-state index in [1.165, 1.54) is 4.68 Å². The number of carbonyl (C=O) groups is 3. The summed E-state index contributed by atoms with van der Waals surface area (Å²) >= 11 is 0. The lowest BCUT2D eigenvalue weighted by atomic mass is 10.0. The Balaban J connectivity index is 1.46. The van der Waals surface area contributed by atoms with Crippen LogP contribution in [0.25, 0.3) is 5.69 Å². The van der Waals surface area contributed by atoms with Crippen LogP contribution in [0.1, 0.15) is 39.3 Å². The van der Waals surface area contributed by atoms with Gasteiger partial charge in [0.15, 0.2) is 0 Å². The van der Waals surface area contributed by atoms with Gasteiger partial charge in [-0.3, -0.25) is 19.7 Å². The van der Waals surface area contributed by atoms with E-state index in [1.54, 1.807) is 25.1 Å². The molecule has 5 N–H and O–H groups in total. The van der Waals surface area contributed by atoms with Gasteiger partial charge in [0.1, 0.15) is 18.0 Å². The fraction of sp³-hybridized carbons (Fsp3) is 0.226.